The number of carbonyl (C=O) groups is 2. The molecule has 0 fully saturated rings. The Morgan fingerprint density at radius 2 is 1.66 bits per heavy atom. The SMILES string of the molecule is CCCNC(=O)[C@H](Cc1ccccc1)N(Cc1cccc(Br)c1)C(=O)CSCc1ccc(C)cc1. The largest absolute Gasteiger partial charge is 0.354 e. The van der Waals surface area contributed by atoms with Crippen LogP contribution in [0.5, 0.6) is 0 Å². The summed E-state index contributed by atoms with van der Waals surface area (Å²) in [5.41, 5.74) is 4.42. The Hall–Kier alpha value is -2.57. The standard InChI is InChI=1S/C29H33BrN2O2S/c1-3-16-31-29(34)27(18-23-8-5-4-6-9-23)32(19-25-10-7-11-26(30)17-25)28(33)21-35-20-24-14-12-22(2)13-15-24/h4-15,17,27H,3,16,18-21H2,1-2H3,(H,31,34)/t27-/m0/s1. The van der Waals surface area contributed by atoms with Gasteiger partial charge in [0.15, 0.2) is 0 Å². The molecule has 2 amide bonds. The highest BCUT2D eigenvalue weighted by Crippen LogP contribution is 2.20. The Kier molecular flexibility index (Phi) is 10.9. The minimum Gasteiger partial charge on any atom is -0.354 e. The van der Waals surface area contributed by atoms with Crippen molar-refractivity contribution in [2.75, 3.05) is 12.3 Å². The molecule has 0 saturated carbocycles. The minimum atomic E-state index is -0.588. The molecule has 3 aromatic rings. The van der Waals surface area contributed by atoms with Crippen LogP contribution in [-0.4, -0.2) is 35.1 Å². The van der Waals surface area contributed by atoms with E-state index in [0.717, 1.165) is 27.8 Å². The normalized spacial score (nSPS) is 11.6. The van der Waals surface area contributed by atoms with Crippen molar-refractivity contribution >= 4 is 39.5 Å². The van der Waals surface area contributed by atoms with Crippen molar-refractivity contribution in [2.45, 2.75) is 45.0 Å². The number of halogens is 1. The molecule has 0 radical (unpaired) electrons. The molecule has 0 saturated heterocycles. The van der Waals surface area contributed by atoms with Gasteiger partial charge in [-0.15, -0.1) is 11.8 Å². The molecule has 4 nitrogen and oxygen atoms in total. The van der Waals surface area contributed by atoms with Gasteiger partial charge in [-0.2, -0.15) is 0 Å². The van der Waals surface area contributed by atoms with Gasteiger partial charge in [-0.3, -0.25) is 9.59 Å². The summed E-state index contributed by atoms with van der Waals surface area (Å²) in [7, 11) is 0. The third kappa shape index (κ3) is 8.86. The van der Waals surface area contributed by atoms with E-state index in [1.54, 1.807) is 16.7 Å². The van der Waals surface area contributed by atoms with Crippen LogP contribution in [0.15, 0.2) is 83.3 Å². The lowest BCUT2D eigenvalue weighted by Gasteiger charge is -2.31. The highest BCUT2D eigenvalue weighted by atomic mass is 79.9. The Labute approximate surface area is 221 Å². The molecule has 184 valence electrons. The Morgan fingerprint density at radius 1 is 0.943 bits per heavy atom. The van der Waals surface area contributed by atoms with Gasteiger partial charge in [0.2, 0.25) is 11.8 Å². The van der Waals surface area contributed by atoms with Crippen LogP contribution in [0.4, 0.5) is 0 Å². The molecule has 35 heavy (non-hydrogen) atoms. The molecule has 1 atom stereocenters. The molecule has 0 bridgehead atoms. The van der Waals surface area contributed by atoms with Gasteiger partial charge in [0.1, 0.15) is 6.04 Å². The van der Waals surface area contributed by atoms with Crippen LogP contribution in [0, 0.1) is 6.92 Å². The lowest BCUT2D eigenvalue weighted by molar-refractivity contribution is -0.139. The smallest absolute Gasteiger partial charge is 0.243 e. The molecule has 3 aromatic carbocycles. The van der Waals surface area contributed by atoms with Gasteiger partial charge < -0.3 is 10.2 Å². The van der Waals surface area contributed by atoms with Crippen molar-refractivity contribution in [1.29, 1.82) is 0 Å². The van der Waals surface area contributed by atoms with E-state index in [2.05, 4.69) is 52.4 Å². The van der Waals surface area contributed by atoms with Gasteiger partial charge in [0, 0.05) is 29.7 Å². The molecule has 0 aliphatic carbocycles. The maximum atomic E-state index is 13.6. The van der Waals surface area contributed by atoms with Gasteiger partial charge in [-0.05, 0) is 42.2 Å². The van der Waals surface area contributed by atoms with Crippen molar-refractivity contribution in [3.63, 3.8) is 0 Å². The van der Waals surface area contributed by atoms with Crippen LogP contribution < -0.4 is 5.32 Å². The lowest BCUT2D eigenvalue weighted by atomic mass is 10.0. The number of benzene rings is 3. The maximum absolute atomic E-state index is 13.6. The predicted molar refractivity (Wildman–Crippen MR) is 149 cm³/mol. The van der Waals surface area contributed by atoms with Crippen LogP contribution in [0.2, 0.25) is 0 Å². The van der Waals surface area contributed by atoms with E-state index in [-0.39, 0.29) is 11.8 Å². The number of aryl methyl sites for hydroxylation is 1. The fourth-order valence-corrected chi connectivity index (χ4v) is 5.09. The first-order chi connectivity index (χ1) is 17.0. The van der Waals surface area contributed by atoms with E-state index in [4.69, 9.17) is 0 Å². The summed E-state index contributed by atoms with van der Waals surface area (Å²) in [6, 6.07) is 25.6. The number of nitrogens with zero attached hydrogens (tertiary/aromatic N) is 1. The monoisotopic (exact) mass is 552 g/mol. The summed E-state index contributed by atoms with van der Waals surface area (Å²) < 4.78 is 0.950. The van der Waals surface area contributed by atoms with E-state index in [1.807, 2.05) is 61.5 Å². The zero-order valence-electron chi connectivity index (χ0n) is 20.4. The van der Waals surface area contributed by atoms with Crippen molar-refractivity contribution in [1.82, 2.24) is 10.2 Å². The molecule has 0 heterocycles. The number of nitrogens with one attached hydrogen (secondary N) is 1. The third-order valence-electron chi connectivity index (χ3n) is 5.68. The number of carbonyl (C=O) groups excluding carboxylic acids is 2. The van der Waals surface area contributed by atoms with Crippen molar-refractivity contribution in [3.05, 3.63) is 106 Å². The van der Waals surface area contributed by atoms with E-state index in [1.165, 1.54) is 11.1 Å². The van der Waals surface area contributed by atoms with Crippen LogP contribution in [0.3, 0.4) is 0 Å². The van der Waals surface area contributed by atoms with Gasteiger partial charge in [-0.25, -0.2) is 0 Å². The predicted octanol–water partition coefficient (Wildman–Crippen LogP) is 6.16. The molecule has 0 unspecified atom stereocenters. The highest BCUT2D eigenvalue weighted by molar-refractivity contribution is 9.10. The molecule has 0 aromatic heterocycles. The highest BCUT2D eigenvalue weighted by Gasteiger charge is 2.30. The van der Waals surface area contributed by atoms with Crippen LogP contribution in [0.1, 0.15) is 35.6 Å². The summed E-state index contributed by atoms with van der Waals surface area (Å²) in [5.74, 6) is 0.924. The number of amides is 2. The zero-order valence-corrected chi connectivity index (χ0v) is 22.8. The second kappa shape index (κ2) is 14.1. The van der Waals surface area contributed by atoms with Gasteiger partial charge >= 0.3 is 0 Å². The zero-order chi connectivity index (χ0) is 25.0. The minimum absolute atomic E-state index is 0.0327. The second-order valence-electron chi connectivity index (χ2n) is 8.63. The fourth-order valence-electron chi connectivity index (χ4n) is 3.78. The summed E-state index contributed by atoms with van der Waals surface area (Å²) >= 11 is 5.11. The first-order valence-electron chi connectivity index (χ1n) is 11.9. The molecule has 0 aliphatic rings. The van der Waals surface area contributed by atoms with Crippen LogP contribution in [-0.2, 0) is 28.3 Å². The molecule has 6 heteroatoms. The average Bonchev–Trinajstić information content (AvgIpc) is 2.86. The molecule has 0 spiro atoms. The summed E-state index contributed by atoms with van der Waals surface area (Å²) in [6.45, 7) is 5.06. The van der Waals surface area contributed by atoms with Crippen molar-refractivity contribution in [2.24, 2.45) is 0 Å². The van der Waals surface area contributed by atoms with E-state index in [9.17, 15) is 9.59 Å². The topological polar surface area (TPSA) is 49.4 Å². The van der Waals surface area contributed by atoms with Crippen LogP contribution in [0.25, 0.3) is 0 Å². The van der Waals surface area contributed by atoms with Crippen molar-refractivity contribution < 1.29 is 9.59 Å². The molecular weight excluding hydrogens is 520 g/mol. The molecule has 3 rings (SSSR count). The second-order valence-corrected chi connectivity index (χ2v) is 10.5. The molecule has 1 N–H and O–H groups in total. The summed E-state index contributed by atoms with van der Waals surface area (Å²) in [4.78, 5) is 28.7. The van der Waals surface area contributed by atoms with E-state index < -0.39 is 6.04 Å². The number of rotatable bonds is 12. The Bertz CT molecular complexity index is 1090. The maximum Gasteiger partial charge on any atom is 0.243 e. The van der Waals surface area contributed by atoms with E-state index in [0.29, 0.717) is 25.3 Å². The number of hydrogen-bond donors (Lipinski definition) is 1. The third-order valence-corrected chi connectivity index (χ3v) is 7.16. The quantitative estimate of drug-likeness (QED) is 0.293. The first-order valence-corrected chi connectivity index (χ1v) is 13.9. The van der Waals surface area contributed by atoms with Crippen LogP contribution >= 0.6 is 27.7 Å². The first kappa shape index (κ1) is 27.0. The van der Waals surface area contributed by atoms with Gasteiger partial charge in [0.05, 0.1) is 5.75 Å². The average molecular weight is 554 g/mol. The van der Waals surface area contributed by atoms with Crippen molar-refractivity contribution in [3.8, 4) is 0 Å². The van der Waals surface area contributed by atoms with E-state index >= 15 is 0 Å². The molecular formula is C29H33BrN2O2S. The number of hydrogen-bond acceptors (Lipinski definition) is 3. The Balaban J connectivity index is 1.82. The Morgan fingerprint density at radius 3 is 2.34 bits per heavy atom. The van der Waals surface area contributed by atoms with Gasteiger partial charge in [0.25, 0.3) is 0 Å². The summed E-state index contributed by atoms with van der Waals surface area (Å²) in [6.07, 6.45) is 1.31. The van der Waals surface area contributed by atoms with Gasteiger partial charge in [-0.1, -0.05) is 95.1 Å². The fraction of sp³-hybridized carbons (Fsp3) is 0.310. The summed E-state index contributed by atoms with van der Waals surface area (Å²) in [5, 5.41) is 3.02. The number of thioether (sulfide) groups is 1. The molecule has 0 aliphatic heterocycles. The lowest BCUT2D eigenvalue weighted by Crippen LogP contribution is -2.51.